The molecule has 7 heteroatoms. The second-order valence-electron chi connectivity index (χ2n) is 4.37. The van der Waals surface area contributed by atoms with E-state index in [1.165, 1.54) is 11.3 Å². The maximum Gasteiger partial charge on any atom is 0.265 e. The number of nitrogens with two attached hydrogens (primary N) is 1. The standard InChI is InChI=1S/C12H20N4O2S/c1-8(2)7-18-6-5-14-11(17)9-10(13)15-12(19-9)16(3)4/h1,5-7,13H2,2-4H3,(H,14,17). The van der Waals surface area contributed by atoms with Gasteiger partial charge in [-0.15, -0.1) is 0 Å². The van der Waals surface area contributed by atoms with E-state index in [1.807, 2.05) is 25.9 Å². The van der Waals surface area contributed by atoms with E-state index in [9.17, 15) is 4.79 Å². The number of rotatable bonds is 7. The van der Waals surface area contributed by atoms with Crippen molar-refractivity contribution in [2.75, 3.05) is 44.5 Å². The van der Waals surface area contributed by atoms with Crippen LogP contribution in [0.1, 0.15) is 16.6 Å². The number of carbonyl (C=O) groups is 1. The van der Waals surface area contributed by atoms with Crippen LogP contribution in [0.2, 0.25) is 0 Å². The zero-order valence-electron chi connectivity index (χ0n) is 11.5. The van der Waals surface area contributed by atoms with Crippen LogP contribution in [-0.4, -0.2) is 44.7 Å². The van der Waals surface area contributed by atoms with Crippen molar-refractivity contribution in [2.45, 2.75) is 6.92 Å². The Balaban J connectivity index is 2.43. The minimum atomic E-state index is -0.220. The summed E-state index contributed by atoms with van der Waals surface area (Å²) in [6, 6.07) is 0. The molecule has 1 aromatic rings. The summed E-state index contributed by atoms with van der Waals surface area (Å²) in [7, 11) is 3.71. The van der Waals surface area contributed by atoms with Crippen LogP contribution >= 0.6 is 11.3 Å². The molecule has 0 radical (unpaired) electrons. The number of hydrogen-bond donors (Lipinski definition) is 2. The molecule has 0 aliphatic heterocycles. The first-order valence-corrected chi connectivity index (χ1v) is 6.67. The number of nitrogen functional groups attached to an aromatic ring is 1. The number of amides is 1. The minimum absolute atomic E-state index is 0.220. The summed E-state index contributed by atoms with van der Waals surface area (Å²) >= 11 is 1.27. The zero-order chi connectivity index (χ0) is 14.4. The van der Waals surface area contributed by atoms with Crippen LogP contribution in [0.3, 0.4) is 0 Å². The van der Waals surface area contributed by atoms with Gasteiger partial charge in [-0.2, -0.15) is 0 Å². The Bertz CT molecular complexity index is 457. The fraction of sp³-hybridized carbons (Fsp3) is 0.500. The number of thiazole rings is 1. The van der Waals surface area contributed by atoms with E-state index < -0.39 is 0 Å². The molecule has 0 aliphatic carbocycles. The van der Waals surface area contributed by atoms with Gasteiger partial charge in [-0.1, -0.05) is 23.5 Å². The van der Waals surface area contributed by atoms with Gasteiger partial charge in [0.25, 0.3) is 5.91 Å². The van der Waals surface area contributed by atoms with Gasteiger partial charge in [0.1, 0.15) is 10.7 Å². The van der Waals surface area contributed by atoms with Gasteiger partial charge in [-0.25, -0.2) is 4.98 Å². The van der Waals surface area contributed by atoms with Crippen molar-refractivity contribution < 1.29 is 9.53 Å². The largest absolute Gasteiger partial charge is 0.382 e. The van der Waals surface area contributed by atoms with E-state index in [0.717, 1.165) is 5.57 Å². The predicted octanol–water partition coefficient (Wildman–Crippen LogP) is 1.11. The van der Waals surface area contributed by atoms with Gasteiger partial charge in [0, 0.05) is 20.6 Å². The summed E-state index contributed by atoms with van der Waals surface area (Å²) < 4.78 is 5.29. The first-order chi connectivity index (χ1) is 8.91. The number of nitrogens with zero attached hydrogens (tertiary/aromatic N) is 2. The van der Waals surface area contributed by atoms with Crippen LogP contribution in [0.25, 0.3) is 0 Å². The molecule has 3 N–H and O–H groups in total. The fourth-order valence-corrected chi connectivity index (χ4v) is 2.06. The SMILES string of the molecule is C=C(C)COCCNC(=O)c1sc(N(C)C)nc1N. The first-order valence-electron chi connectivity index (χ1n) is 5.85. The van der Waals surface area contributed by atoms with Crippen LogP contribution in [0.5, 0.6) is 0 Å². The second-order valence-corrected chi connectivity index (χ2v) is 5.35. The van der Waals surface area contributed by atoms with Crippen molar-refractivity contribution in [3.63, 3.8) is 0 Å². The molecule has 19 heavy (non-hydrogen) atoms. The number of nitrogens with one attached hydrogen (secondary N) is 1. The molecule has 0 saturated carbocycles. The molecule has 0 aromatic carbocycles. The molecular weight excluding hydrogens is 264 g/mol. The van der Waals surface area contributed by atoms with Gasteiger partial charge >= 0.3 is 0 Å². The number of hydrogen-bond acceptors (Lipinski definition) is 6. The lowest BCUT2D eigenvalue weighted by Gasteiger charge is -2.06. The van der Waals surface area contributed by atoms with Crippen molar-refractivity contribution >= 4 is 28.2 Å². The van der Waals surface area contributed by atoms with Crippen LogP contribution < -0.4 is 16.0 Å². The van der Waals surface area contributed by atoms with Gasteiger partial charge in [0.05, 0.1) is 13.2 Å². The van der Waals surface area contributed by atoms with Crippen molar-refractivity contribution in [1.29, 1.82) is 0 Å². The Morgan fingerprint density at radius 2 is 2.26 bits per heavy atom. The molecule has 0 spiro atoms. The van der Waals surface area contributed by atoms with Crippen molar-refractivity contribution in [3.8, 4) is 0 Å². The Morgan fingerprint density at radius 3 is 2.79 bits per heavy atom. The van der Waals surface area contributed by atoms with Gasteiger partial charge in [-0.3, -0.25) is 4.79 Å². The van der Waals surface area contributed by atoms with E-state index in [2.05, 4.69) is 16.9 Å². The van der Waals surface area contributed by atoms with Crippen molar-refractivity contribution in [2.24, 2.45) is 0 Å². The average Bonchev–Trinajstić information content (AvgIpc) is 2.70. The number of ether oxygens (including phenoxy) is 1. The lowest BCUT2D eigenvalue weighted by molar-refractivity contribution is 0.0931. The molecule has 1 amide bonds. The van der Waals surface area contributed by atoms with Crippen LogP contribution in [0, 0.1) is 0 Å². The van der Waals surface area contributed by atoms with E-state index in [4.69, 9.17) is 10.5 Å². The Labute approximate surface area is 117 Å². The Kier molecular flexibility index (Phi) is 5.78. The quantitative estimate of drug-likeness (QED) is 0.579. The van der Waals surface area contributed by atoms with Gasteiger partial charge in [0.15, 0.2) is 5.13 Å². The topological polar surface area (TPSA) is 80.5 Å². The molecule has 0 atom stereocenters. The molecule has 0 unspecified atom stereocenters. The highest BCUT2D eigenvalue weighted by molar-refractivity contribution is 7.18. The van der Waals surface area contributed by atoms with Crippen molar-refractivity contribution in [1.82, 2.24) is 10.3 Å². The summed E-state index contributed by atoms with van der Waals surface area (Å²) in [6.07, 6.45) is 0. The van der Waals surface area contributed by atoms with E-state index in [-0.39, 0.29) is 11.7 Å². The van der Waals surface area contributed by atoms with Crippen LogP contribution in [0.15, 0.2) is 12.2 Å². The summed E-state index contributed by atoms with van der Waals surface area (Å²) in [6.45, 7) is 6.99. The maximum atomic E-state index is 11.9. The molecule has 1 aromatic heterocycles. The van der Waals surface area contributed by atoms with Crippen molar-refractivity contribution in [3.05, 3.63) is 17.0 Å². The van der Waals surface area contributed by atoms with E-state index in [0.29, 0.717) is 29.8 Å². The zero-order valence-corrected chi connectivity index (χ0v) is 12.3. The van der Waals surface area contributed by atoms with Gasteiger partial charge in [0.2, 0.25) is 0 Å². The highest BCUT2D eigenvalue weighted by Crippen LogP contribution is 2.26. The smallest absolute Gasteiger partial charge is 0.265 e. The Morgan fingerprint density at radius 1 is 1.58 bits per heavy atom. The minimum Gasteiger partial charge on any atom is -0.382 e. The second kappa shape index (κ2) is 7.10. The Hall–Kier alpha value is -1.60. The molecule has 0 aliphatic rings. The highest BCUT2D eigenvalue weighted by Gasteiger charge is 2.16. The normalized spacial score (nSPS) is 10.3. The molecular formula is C12H20N4O2S. The molecule has 1 rings (SSSR count). The number of carbonyl (C=O) groups excluding carboxylic acids is 1. The van der Waals surface area contributed by atoms with E-state index in [1.54, 1.807) is 0 Å². The third-order valence-electron chi connectivity index (χ3n) is 2.11. The first kappa shape index (κ1) is 15.5. The molecule has 106 valence electrons. The maximum absolute atomic E-state index is 11.9. The van der Waals surface area contributed by atoms with Gasteiger partial charge < -0.3 is 20.7 Å². The van der Waals surface area contributed by atoms with Crippen LogP contribution in [0.4, 0.5) is 10.9 Å². The third-order valence-corrected chi connectivity index (χ3v) is 3.35. The lowest BCUT2D eigenvalue weighted by atomic mass is 10.4. The van der Waals surface area contributed by atoms with E-state index >= 15 is 0 Å². The molecule has 1 heterocycles. The summed E-state index contributed by atoms with van der Waals surface area (Å²) in [5.41, 5.74) is 6.67. The molecule has 0 bridgehead atoms. The lowest BCUT2D eigenvalue weighted by Crippen LogP contribution is -2.27. The van der Waals surface area contributed by atoms with Crippen LogP contribution in [-0.2, 0) is 4.74 Å². The number of anilines is 2. The average molecular weight is 284 g/mol. The summed E-state index contributed by atoms with van der Waals surface area (Å²) in [4.78, 5) is 18.3. The van der Waals surface area contributed by atoms with Gasteiger partial charge in [-0.05, 0) is 6.92 Å². The monoisotopic (exact) mass is 284 g/mol. The molecule has 0 saturated heterocycles. The summed E-state index contributed by atoms with van der Waals surface area (Å²) in [5.74, 6) is 0.0380. The number of aromatic nitrogens is 1. The molecule has 0 fully saturated rings. The highest BCUT2D eigenvalue weighted by atomic mass is 32.1. The third kappa shape index (κ3) is 4.88. The summed E-state index contributed by atoms with van der Waals surface area (Å²) in [5, 5.41) is 3.45. The molecule has 6 nitrogen and oxygen atoms in total. The predicted molar refractivity (Wildman–Crippen MR) is 78.8 cm³/mol. The fourth-order valence-electron chi connectivity index (χ4n) is 1.24.